The second-order valence-electron chi connectivity index (χ2n) is 6.91. The molecule has 1 aliphatic rings. The van der Waals surface area contributed by atoms with Crippen molar-refractivity contribution < 1.29 is 8.78 Å². The van der Waals surface area contributed by atoms with Crippen molar-refractivity contribution in [3.63, 3.8) is 0 Å². The summed E-state index contributed by atoms with van der Waals surface area (Å²) >= 11 is 0. The van der Waals surface area contributed by atoms with Gasteiger partial charge in [0.25, 0.3) is 6.43 Å². The Kier molecular flexibility index (Phi) is 5.03. The highest BCUT2D eigenvalue weighted by molar-refractivity contribution is 5.43. The molecule has 148 valence electrons. The second kappa shape index (κ2) is 7.63. The summed E-state index contributed by atoms with van der Waals surface area (Å²) < 4.78 is 29.4. The van der Waals surface area contributed by atoms with E-state index in [1.807, 2.05) is 25.3 Å². The summed E-state index contributed by atoms with van der Waals surface area (Å²) in [7, 11) is 1.67. The van der Waals surface area contributed by atoms with Crippen LogP contribution in [-0.2, 0) is 13.6 Å². The van der Waals surface area contributed by atoms with E-state index in [4.69, 9.17) is 0 Å². The normalized spacial score (nSPS) is 15.5. The van der Waals surface area contributed by atoms with Gasteiger partial charge in [0.1, 0.15) is 17.8 Å². The van der Waals surface area contributed by atoms with Crippen molar-refractivity contribution in [1.29, 1.82) is 0 Å². The summed E-state index contributed by atoms with van der Waals surface area (Å²) in [6.07, 6.45) is 2.53. The van der Waals surface area contributed by atoms with Crippen LogP contribution in [0.2, 0.25) is 0 Å². The number of alkyl halides is 2. The predicted octanol–water partition coefficient (Wildman–Crippen LogP) is 1.96. The van der Waals surface area contributed by atoms with Crippen LogP contribution in [0.15, 0.2) is 30.9 Å². The average molecular weight is 388 g/mol. The van der Waals surface area contributed by atoms with Crippen molar-refractivity contribution in [2.24, 2.45) is 7.05 Å². The highest BCUT2D eigenvalue weighted by atomic mass is 19.3. The molecular weight excluding hydrogens is 366 g/mol. The Bertz CT molecular complexity index is 943. The number of piperazine rings is 1. The first-order chi connectivity index (χ1) is 13.5. The monoisotopic (exact) mass is 388 g/mol. The largest absolute Gasteiger partial charge is 0.354 e. The molecule has 3 aromatic heterocycles. The zero-order valence-electron chi connectivity index (χ0n) is 15.8. The molecule has 4 rings (SSSR count). The Morgan fingerprint density at radius 3 is 2.50 bits per heavy atom. The summed E-state index contributed by atoms with van der Waals surface area (Å²) in [6.45, 7) is 5.45. The number of aromatic nitrogens is 6. The van der Waals surface area contributed by atoms with Gasteiger partial charge < -0.3 is 4.90 Å². The molecule has 0 N–H and O–H groups in total. The summed E-state index contributed by atoms with van der Waals surface area (Å²) in [5.41, 5.74) is 1.39. The van der Waals surface area contributed by atoms with Crippen molar-refractivity contribution >= 4 is 5.82 Å². The second-order valence-corrected chi connectivity index (χ2v) is 6.91. The van der Waals surface area contributed by atoms with Crippen LogP contribution in [0.3, 0.4) is 0 Å². The maximum Gasteiger partial charge on any atom is 0.282 e. The van der Waals surface area contributed by atoms with E-state index < -0.39 is 6.43 Å². The number of halogens is 2. The Balaban J connectivity index is 1.41. The highest BCUT2D eigenvalue weighted by Crippen LogP contribution is 2.23. The van der Waals surface area contributed by atoms with Gasteiger partial charge in [-0.3, -0.25) is 9.58 Å². The van der Waals surface area contributed by atoms with Crippen molar-refractivity contribution in [1.82, 2.24) is 34.4 Å². The maximum atomic E-state index is 13.1. The van der Waals surface area contributed by atoms with E-state index in [0.717, 1.165) is 43.5 Å². The van der Waals surface area contributed by atoms with Crippen molar-refractivity contribution in [2.45, 2.75) is 19.9 Å². The molecule has 8 nitrogen and oxygen atoms in total. The molecule has 1 saturated heterocycles. The third-order valence-corrected chi connectivity index (χ3v) is 4.83. The van der Waals surface area contributed by atoms with Crippen molar-refractivity contribution in [2.75, 3.05) is 31.1 Å². The standard InChI is InChI=1S/C18H22F2N8/c1-13-3-4-28(23-13)16-9-15(21-12-22-16)27-7-5-26(6-8-27)11-14-10-25(2)24-17(14)18(19)20/h3-4,9-10,12,18H,5-8,11H2,1-2H3. The number of anilines is 1. The molecule has 28 heavy (non-hydrogen) atoms. The van der Waals surface area contributed by atoms with Gasteiger partial charge in [0.05, 0.1) is 5.69 Å². The minimum absolute atomic E-state index is 0.125. The van der Waals surface area contributed by atoms with Crippen LogP contribution in [0.4, 0.5) is 14.6 Å². The lowest BCUT2D eigenvalue weighted by molar-refractivity contribution is 0.142. The molecule has 1 aliphatic heterocycles. The molecule has 0 amide bonds. The number of rotatable bonds is 5. The van der Waals surface area contributed by atoms with E-state index in [9.17, 15) is 8.78 Å². The first-order valence-electron chi connectivity index (χ1n) is 9.12. The fourth-order valence-electron chi connectivity index (χ4n) is 3.41. The van der Waals surface area contributed by atoms with Gasteiger partial charge in [-0.05, 0) is 13.0 Å². The van der Waals surface area contributed by atoms with Gasteiger partial charge in [-0.1, -0.05) is 0 Å². The lowest BCUT2D eigenvalue weighted by Gasteiger charge is -2.35. The first-order valence-corrected chi connectivity index (χ1v) is 9.12. The molecule has 1 fully saturated rings. The number of nitrogens with zero attached hydrogens (tertiary/aromatic N) is 8. The molecule has 0 unspecified atom stereocenters. The zero-order chi connectivity index (χ0) is 19.7. The molecule has 0 aromatic carbocycles. The third kappa shape index (κ3) is 3.86. The topological polar surface area (TPSA) is 67.9 Å². The molecular formula is C18H22F2N8. The molecule has 0 radical (unpaired) electrons. The molecule has 0 spiro atoms. The smallest absolute Gasteiger partial charge is 0.282 e. The van der Waals surface area contributed by atoms with Crippen LogP contribution in [0.1, 0.15) is 23.4 Å². The van der Waals surface area contributed by atoms with Crippen LogP contribution < -0.4 is 4.90 Å². The summed E-state index contributed by atoms with van der Waals surface area (Å²) in [5, 5.41) is 8.26. The number of hydrogen-bond acceptors (Lipinski definition) is 6. The van der Waals surface area contributed by atoms with Gasteiger partial charge in [0.15, 0.2) is 5.82 Å². The predicted molar refractivity (Wildman–Crippen MR) is 99.5 cm³/mol. The quantitative estimate of drug-likeness (QED) is 0.666. The van der Waals surface area contributed by atoms with Crippen molar-refractivity contribution in [3.05, 3.63) is 47.8 Å². The van der Waals surface area contributed by atoms with Crippen molar-refractivity contribution in [3.8, 4) is 5.82 Å². The summed E-state index contributed by atoms with van der Waals surface area (Å²) in [4.78, 5) is 13.0. The van der Waals surface area contributed by atoms with Gasteiger partial charge in [0.2, 0.25) is 0 Å². The van der Waals surface area contributed by atoms with E-state index in [0.29, 0.717) is 12.1 Å². The Labute approximate surface area is 161 Å². The summed E-state index contributed by atoms with van der Waals surface area (Å²) in [5.74, 6) is 1.56. The van der Waals surface area contributed by atoms with Crippen LogP contribution in [-0.4, -0.2) is 60.6 Å². The fourth-order valence-corrected chi connectivity index (χ4v) is 3.41. The molecule has 0 atom stereocenters. The Morgan fingerprint density at radius 2 is 1.82 bits per heavy atom. The molecule has 0 aliphatic carbocycles. The molecule has 10 heteroatoms. The van der Waals surface area contributed by atoms with E-state index >= 15 is 0 Å². The SMILES string of the molecule is Cc1ccn(-c2cc(N3CCN(Cc4cn(C)nc4C(F)F)CC3)ncn2)n1. The van der Waals surface area contributed by atoms with Gasteiger partial charge in [-0.2, -0.15) is 10.2 Å². The molecule has 4 heterocycles. The average Bonchev–Trinajstić information content (AvgIpc) is 3.28. The minimum atomic E-state index is -2.55. The lowest BCUT2D eigenvalue weighted by atomic mass is 10.2. The molecule has 0 saturated carbocycles. The van der Waals surface area contributed by atoms with E-state index in [2.05, 4.69) is 30.0 Å². The Hall–Kier alpha value is -2.88. The maximum absolute atomic E-state index is 13.1. The highest BCUT2D eigenvalue weighted by Gasteiger charge is 2.23. The van der Waals surface area contributed by atoms with Gasteiger partial charge in [-0.25, -0.2) is 23.4 Å². The van der Waals surface area contributed by atoms with Crippen LogP contribution in [0.5, 0.6) is 0 Å². The van der Waals surface area contributed by atoms with Gasteiger partial charge >= 0.3 is 0 Å². The number of hydrogen-bond donors (Lipinski definition) is 0. The molecule has 3 aromatic rings. The Morgan fingerprint density at radius 1 is 1.07 bits per heavy atom. The van der Waals surface area contributed by atoms with E-state index in [1.165, 1.54) is 4.68 Å². The summed E-state index contributed by atoms with van der Waals surface area (Å²) in [6, 6.07) is 3.84. The molecule has 0 bridgehead atoms. The van der Waals surface area contributed by atoms with Gasteiger partial charge in [0, 0.05) is 63.8 Å². The lowest BCUT2D eigenvalue weighted by Crippen LogP contribution is -2.46. The zero-order valence-corrected chi connectivity index (χ0v) is 15.8. The van der Waals surface area contributed by atoms with Crippen LogP contribution in [0, 0.1) is 6.92 Å². The third-order valence-electron chi connectivity index (χ3n) is 4.83. The van der Waals surface area contributed by atoms with Crippen LogP contribution in [0.25, 0.3) is 5.82 Å². The van der Waals surface area contributed by atoms with Crippen LogP contribution >= 0.6 is 0 Å². The van der Waals surface area contributed by atoms with E-state index in [1.54, 1.807) is 24.3 Å². The van der Waals surface area contributed by atoms with Gasteiger partial charge in [-0.15, -0.1) is 0 Å². The minimum Gasteiger partial charge on any atom is -0.354 e. The number of aryl methyl sites for hydroxylation is 2. The van der Waals surface area contributed by atoms with E-state index in [-0.39, 0.29) is 5.69 Å². The fraction of sp³-hybridized carbons (Fsp3) is 0.444. The first kappa shape index (κ1) is 18.5.